The van der Waals surface area contributed by atoms with E-state index in [-0.39, 0.29) is 21.8 Å². The highest BCUT2D eigenvalue weighted by molar-refractivity contribution is 7.89. The minimum absolute atomic E-state index is 0.0990. The number of para-hydroxylation sites is 1. The van der Waals surface area contributed by atoms with E-state index >= 15 is 0 Å². The summed E-state index contributed by atoms with van der Waals surface area (Å²) >= 11 is 0. The summed E-state index contributed by atoms with van der Waals surface area (Å²) in [6.07, 6.45) is 2.98. The van der Waals surface area contributed by atoms with Gasteiger partial charge in [0.2, 0.25) is 10.0 Å². The van der Waals surface area contributed by atoms with Crippen molar-refractivity contribution in [2.75, 3.05) is 25.0 Å². The number of benzene rings is 2. The number of amides is 1. The molecule has 10 nitrogen and oxygen atoms in total. The Morgan fingerprint density at radius 1 is 1.06 bits per heavy atom. The average molecular weight is 480 g/mol. The van der Waals surface area contributed by atoms with Gasteiger partial charge in [-0.2, -0.15) is 14.7 Å². The Bertz CT molecular complexity index is 1340. The number of esters is 1. The zero-order valence-corrected chi connectivity index (χ0v) is 18.9. The van der Waals surface area contributed by atoms with Crippen LogP contribution in [0.3, 0.4) is 0 Å². The van der Waals surface area contributed by atoms with Gasteiger partial charge in [-0.15, -0.1) is 0 Å². The molecule has 0 unspecified atom stereocenters. The zero-order chi connectivity index (χ0) is 24.1. The highest BCUT2D eigenvalue weighted by atomic mass is 32.2. The van der Waals surface area contributed by atoms with Gasteiger partial charge in [-0.05, 0) is 49.2 Å². The molecule has 1 N–H and O–H groups in total. The molecule has 1 amide bonds. The summed E-state index contributed by atoms with van der Waals surface area (Å²) in [6, 6.07) is 16.3. The Labute approximate surface area is 196 Å². The van der Waals surface area contributed by atoms with Crippen molar-refractivity contribution in [2.45, 2.75) is 17.7 Å². The van der Waals surface area contributed by atoms with Crippen LogP contribution in [-0.4, -0.2) is 54.1 Å². The lowest BCUT2D eigenvalue weighted by molar-refractivity contribution is -0.119. The molecule has 1 saturated heterocycles. The van der Waals surface area contributed by atoms with E-state index in [2.05, 4.69) is 10.4 Å². The number of carbonyl (C=O) groups excluding carboxylic acids is 2. The molecule has 2 heterocycles. The first-order valence-electron chi connectivity index (χ1n) is 10.5. The minimum Gasteiger partial charge on any atom is -0.452 e. The Kier molecular flexibility index (Phi) is 6.72. The maximum Gasteiger partial charge on any atom is 0.338 e. The molecule has 3 aromatic rings. The molecule has 174 valence electrons. The number of aromatic nitrogens is 2. The van der Waals surface area contributed by atoms with E-state index in [1.54, 1.807) is 24.3 Å². The first-order chi connectivity index (χ1) is 16.4. The van der Waals surface area contributed by atoms with Gasteiger partial charge in [0, 0.05) is 13.1 Å². The quantitative estimate of drug-likeness (QED) is 0.514. The molecule has 2 aromatic carbocycles. The fourth-order valence-corrected chi connectivity index (χ4v) is 5.06. The molecule has 11 heteroatoms. The summed E-state index contributed by atoms with van der Waals surface area (Å²) in [5, 5.41) is 16.0. The van der Waals surface area contributed by atoms with Crippen molar-refractivity contribution in [3.63, 3.8) is 0 Å². The monoisotopic (exact) mass is 479 g/mol. The Morgan fingerprint density at radius 2 is 1.74 bits per heavy atom. The molecule has 0 aliphatic carbocycles. The summed E-state index contributed by atoms with van der Waals surface area (Å²) in [4.78, 5) is 24.9. The third-order valence-electron chi connectivity index (χ3n) is 5.28. The first-order valence-corrected chi connectivity index (χ1v) is 11.9. The van der Waals surface area contributed by atoms with Crippen LogP contribution in [0, 0.1) is 11.3 Å². The fourth-order valence-electron chi connectivity index (χ4n) is 3.54. The first kappa shape index (κ1) is 23.2. The van der Waals surface area contributed by atoms with Gasteiger partial charge in [0.25, 0.3) is 5.91 Å². The lowest BCUT2D eigenvalue weighted by Gasteiger charge is -2.15. The van der Waals surface area contributed by atoms with E-state index in [0.717, 1.165) is 12.8 Å². The molecule has 1 aliphatic rings. The molecule has 4 rings (SSSR count). The maximum atomic E-state index is 12.6. The van der Waals surface area contributed by atoms with Crippen LogP contribution in [0.25, 0.3) is 5.69 Å². The van der Waals surface area contributed by atoms with Crippen LogP contribution >= 0.6 is 0 Å². The molecule has 1 aromatic heterocycles. The zero-order valence-electron chi connectivity index (χ0n) is 18.0. The van der Waals surface area contributed by atoms with Crippen LogP contribution in [0.15, 0.2) is 65.7 Å². The predicted molar refractivity (Wildman–Crippen MR) is 122 cm³/mol. The third-order valence-corrected chi connectivity index (χ3v) is 7.19. The van der Waals surface area contributed by atoms with E-state index in [1.165, 1.54) is 39.4 Å². The lowest BCUT2D eigenvalue weighted by Crippen LogP contribution is -2.27. The molecule has 0 radical (unpaired) electrons. The van der Waals surface area contributed by atoms with Crippen molar-refractivity contribution in [3.05, 3.63) is 71.9 Å². The molecule has 0 spiro atoms. The minimum atomic E-state index is -3.59. The Morgan fingerprint density at radius 3 is 2.38 bits per heavy atom. The van der Waals surface area contributed by atoms with Gasteiger partial charge in [0.05, 0.1) is 22.3 Å². The normalized spacial score (nSPS) is 13.9. The van der Waals surface area contributed by atoms with Gasteiger partial charge in [0.1, 0.15) is 11.6 Å². The van der Waals surface area contributed by atoms with E-state index < -0.39 is 28.5 Å². The van der Waals surface area contributed by atoms with Crippen LogP contribution in [0.5, 0.6) is 0 Å². The molecule has 0 atom stereocenters. The average Bonchev–Trinajstić information content (AvgIpc) is 3.54. The number of ether oxygens (including phenoxy) is 1. The van der Waals surface area contributed by atoms with Crippen molar-refractivity contribution < 1.29 is 22.7 Å². The lowest BCUT2D eigenvalue weighted by atomic mass is 10.2. The summed E-state index contributed by atoms with van der Waals surface area (Å²) in [6.45, 7) is 0.368. The smallest absolute Gasteiger partial charge is 0.338 e. The van der Waals surface area contributed by atoms with Gasteiger partial charge in [-0.3, -0.25) is 4.79 Å². The van der Waals surface area contributed by atoms with Crippen LogP contribution < -0.4 is 5.32 Å². The summed E-state index contributed by atoms with van der Waals surface area (Å²) in [5.74, 6) is -1.28. The van der Waals surface area contributed by atoms with Gasteiger partial charge in [-0.25, -0.2) is 17.9 Å². The van der Waals surface area contributed by atoms with Crippen LogP contribution in [-0.2, 0) is 19.6 Å². The van der Waals surface area contributed by atoms with Crippen molar-refractivity contribution in [2.24, 2.45) is 0 Å². The standard InChI is InChI=1S/C23H21N5O5S/c24-14-18-15-25-28(19-6-2-1-3-7-19)22(18)26-21(29)16-33-23(30)17-8-10-20(11-9-17)34(31,32)27-12-4-5-13-27/h1-3,6-11,15H,4-5,12-13,16H2,(H,26,29). The Balaban J connectivity index is 1.39. The van der Waals surface area contributed by atoms with E-state index in [1.807, 2.05) is 12.1 Å². The number of nitrogens with one attached hydrogen (secondary N) is 1. The van der Waals surface area contributed by atoms with Crippen molar-refractivity contribution >= 4 is 27.7 Å². The predicted octanol–water partition coefficient (Wildman–Crippen LogP) is 2.32. The summed E-state index contributed by atoms with van der Waals surface area (Å²) in [7, 11) is -3.59. The van der Waals surface area contributed by atoms with Gasteiger partial charge in [-0.1, -0.05) is 18.2 Å². The second-order valence-electron chi connectivity index (χ2n) is 7.53. The second kappa shape index (κ2) is 9.86. The van der Waals surface area contributed by atoms with Crippen LogP contribution in [0.2, 0.25) is 0 Å². The largest absolute Gasteiger partial charge is 0.452 e. The number of carbonyl (C=O) groups is 2. The second-order valence-corrected chi connectivity index (χ2v) is 9.46. The molecular weight excluding hydrogens is 458 g/mol. The van der Waals surface area contributed by atoms with Gasteiger partial charge < -0.3 is 10.1 Å². The van der Waals surface area contributed by atoms with Crippen LogP contribution in [0.1, 0.15) is 28.8 Å². The maximum absolute atomic E-state index is 12.6. The highest BCUT2D eigenvalue weighted by Crippen LogP contribution is 2.22. The topological polar surface area (TPSA) is 134 Å². The van der Waals surface area contributed by atoms with Crippen molar-refractivity contribution in [1.29, 1.82) is 5.26 Å². The molecule has 0 saturated carbocycles. The number of anilines is 1. The molecule has 0 bridgehead atoms. The van der Waals surface area contributed by atoms with Crippen molar-refractivity contribution in [1.82, 2.24) is 14.1 Å². The molecular formula is C23H21N5O5S. The number of sulfonamides is 1. The summed E-state index contributed by atoms with van der Waals surface area (Å²) < 4.78 is 33.1. The SMILES string of the molecule is N#Cc1cnn(-c2ccccc2)c1NC(=O)COC(=O)c1ccc(S(=O)(=O)N2CCCC2)cc1. The van der Waals surface area contributed by atoms with E-state index in [4.69, 9.17) is 4.74 Å². The third kappa shape index (κ3) is 4.83. The Hall–Kier alpha value is -4.01. The van der Waals surface area contributed by atoms with Crippen molar-refractivity contribution in [3.8, 4) is 11.8 Å². The fraction of sp³-hybridized carbons (Fsp3) is 0.217. The van der Waals surface area contributed by atoms with E-state index in [9.17, 15) is 23.3 Å². The van der Waals surface area contributed by atoms with Gasteiger partial charge in [0.15, 0.2) is 12.4 Å². The highest BCUT2D eigenvalue weighted by Gasteiger charge is 2.27. The number of nitriles is 1. The molecule has 1 fully saturated rings. The van der Waals surface area contributed by atoms with Gasteiger partial charge >= 0.3 is 5.97 Å². The van der Waals surface area contributed by atoms with E-state index in [0.29, 0.717) is 18.8 Å². The number of nitrogens with zero attached hydrogens (tertiary/aromatic N) is 4. The summed E-state index contributed by atoms with van der Waals surface area (Å²) in [5.41, 5.74) is 0.902. The molecule has 34 heavy (non-hydrogen) atoms. The molecule has 1 aliphatic heterocycles. The number of rotatable bonds is 7. The number of hydrogen-bond acceptors (Lipinski definition) is 7. The van der Waals surface area contributed by atoms with Crippen LogP contribution in [0.4, 0.5) is 5.82 Å². The number of hydrogen-bond donors (Lipinski definition) is 1.